The van der Waals surface area contributed by atoms with E-state index < -0.39 is 4.92 Å². The van der Waals surface area contributed by atoms with Crippen molar-refractivity contribution in [3.8, 4) is 0 Å². The number of fused-ring (bicyclic) bond motifs is 1. The number of para-hydroxylation sites is 1. The Balaban J connectivity index is 1.75. The molecule has 3 rings (SSSR count). The van der Waals surface area contributed by atoms with Gasteiger partial charge in [0.15, 0.2) is 0 Å². The third kappa shape index (κ3) is 4.37. The standard InChI is InChI=1S/C19H16ClN3O3S/c1-11-4-3-5-14-12(2)8-18(22-19(11)14)27-10-17(24)21-15-9-13(20)6-7-16(15)23(25)26/h3-9H,10H2,1-2H3,(H,21,24). The quantitative estimate of drug-likeness (QED) is 0.363. The Labute approximate surface area is 165 Å². The molecule has 0 aliphatic carbocycles. The molecular weight excluding hydrogens is 386 g/mol. The summed E-state index contributed by atoms with van der Waals surface area (Å²) >= 11 is 7.15. The van der Waals surface area contributed by atoms with Crippen molar-refractivity contribution in [3.63, 3.8) is 0 Å². The predicted octanol–water partition coefficient (Wildman–Crippen LogP) is 5.14. The number of carbonyl (C=O) groups excluding carboxylic acids is 1. The SMILES string of the molecule is Cc1cc(SCC(=O)Nc2cc(Cl)ccc2[N+](=O)[O-])nc2c(C)cccc12. The molecule has 0 aliphatic heterocycles. The zero-order valence-corrected chi connectivity index (χ0v) is 16.2. The summed E-state index contributed by atoms with van der Waals surface area (Å²) in [6, 6.07) is 12.0. The Morgan fingerprint density at radius 2 is 2.00 bits per heavy atom. The molecular formula is C19H16ClN3O3S. The molecule has 0 bridgehead atoms. The van der Waals surface area contributed by atoms with E-state index in [1.165, 1.54) is 30.0 Å². The minimum Gasteiger partial charge on any atom is -0.320 e. The number of benzene rings is 2. The highest BCUT2D eigenvalue weighted by atomic mass is 35.5. The lowest BCUT2D eigenvalue weighted by atomic mass is 10.1. The molecule has 1 heterocycles. The van der Waals surface area contributed by atoms with Gasteiger partial charge in [0.2, 0.25) is 5.91 Å². The Bertz CT molecular complexity index is 1060. The number of nitrogens with one attached hydrogen (secondary N) is 1. The number of pyridine rings is 1. The van der Waals surface area contributed by atoms with E-state index in [2.05, 4.69) is 10.3 Å². The maximum atomic E-state index is 12.3. The molecule has 27 heavy (non-hydrogen) atoms. The summed E-state index contributed by atoms with van der Waals surface area (Å²) < 4.78 is 0. The van der Waals surface area contributed by atoms with E-state index in [-0.39, 0.29) is 23.0 Å². The molecule has 0 aliphatic rings. The number of carbonyl (C=O) groups is 1. The van der Waals surface area contributed by atoms with Crippen molar-refractivity contribution < 1.29 is 9.72 Å². The van der Waals surface area contributed by atoms with Crippen molar-refractivity contribution in [2.45, 2.75) is 18.9 Å². The second-order valence-electron chi connectivity index (χ2n) is 6.00. The van der Waals surface area contributed by atoms with Crippen LogP contribution in [0.2, 0.25) is 5.02 Å². The zero-order chi connectivity index (χ0) is 19.6. The first-order valence-electron chi connectivity index (χ1n) is 8.08. The third-order valence-corrected chi connectivity index (χ3v) is 5.15. The van der Waals surface area contributed by atoms with Gasteiger partial charge >= 0.3 is 0 Å². The number of rotatable bonds is 5. The van der Waals surface area contributed by atoms with Crippen LogP contribution in [0.3, 0.4) is 0 Å². The number of aromatic nitrogens is 1. The van der Waals surface area contributed by atoms with Gasteiger partial charge in [-0.05, 0) is 43.2 Å². The molecule has 0 fully saturated rings. The average molecular weight is 402 g/mol. The van der Waals surface area contributed by atoms with Crippen molar-refractivity contribution >= 4 is 51.5 Å². The Hall–Kier alpha value is -2.64. The molecule has 2 aromatic carbocycles. The highest BCUT2D eigenvalue weighted by molar-refractivity contribution is 7.99. The lowest BCUT2D eigenvalue weighted by Crippen LogP contribution is -2.15. The Morgan fingerprint density at radius 1 is 1.22 bits per heavy atom. The van der Waals surface area contributed by atoms with E-state index in [1.54, 1.807) is 0 Å². The highest BCUT2D eigenvalue weighted by Crippen LogP contribution is 2.29. The van der Waals surface area contributed by atoms with Gasteiger partial charge in [0.05, 0.1) is 21.2 Å². The molecule has 8 heteroatoms. The van der Waals surface area contributed by atoms with Gasteiger partial charge in [-0.15, -0.1) is 0 Å². The topological polar surface area (TPSA) is 85.1 Å². The van der Waals surface area contributed by atoms with Crippen LogP contribution in [0.1, 0.15) is 11.1 Å². The molecule has 0 unspecified atom stereocenters. The first-order chi connectivity index (χ1) is 12.8. The summed E-state index contributed by atoms with van der Waals surface area (Å²) in [5.41, 5.74) is 2.93. The molecule has 3 aromatic rings. The number of amides is 1. The van der Waals surface area contributed by atoms with Crippen molar-refractivity contribution in [3.05, 3.63) is 68.7 Å². The van der Waals surface area contributed by atoms with Crippen LogP contribution in [0.5, 0.6) is 0 Å². The van der Waals surface area contributed by atoms with Crippen molar-refractivity contribution in [2.75, 3.05) is 11.1 Å². The molecule has 0 atom stereocenters. The van der Waals surface area contributed by atoms with Crippen molar-refractivity contribution in [1.29, 1.82) is 0 Å². The first kappa shape index (κ1) is 19.1. The number of nitrogens with zero attached hydrogens (tertiary/aromatic N) is 2. The first-order valence-corrected chi connectivity index (χ1v) is 9.45. The largest absolute Gasteiger partial charge is 0.320 e. The van der Waals surface area contributed by atoms with E-state index in [4.69, 9.17) is 11.6 Å². The average Bonchev–Trinajstić information content (AvgIpc) is 2.61. The number of anilines is 1. The lowest BCUT2D eigenvalue weighted by Gasteiger charge is -2.09. The monoisotopic (exact) mass is 401 g/mol. The van der Waals surface area contributed by atoms with E-state index in [1.807, 2.05) is 38.1 Å². The Kier molecular flexibility index (Phi) is 5.62. The van der Waals surface area contributed by atoms with Crippen LogP contribution in [0.15, 0.2) is 47.5 Å². The van der Waals surface area contributed by atoms with E-state index in [0.717, 1.165) is 27.1 Å². The van der Waals surface area contributed by atoms with Gasteiger partial charge in [-0.3, -0.25) is 14.9 Å². The van der Waals surface area contributed by atoms with Gasteiger partial charge in [0.25, 0.3) is 5.69 Å². The van der Waals surface area contributed by atoms with Crippen LogP contribution >= 0.6 is 23.4 Å². The molecule has 1 amide bonds. The van der Waals surface area contributed by atoms with Gasteiger partial charge in [-0.25, -0.2) is 4.98 Å². The summed E-state index contributed by atoms with van der Waals surface area (Å²) in [4.78, 5) is 27.4. The number of hydrogen-bond acceptors (Lipinski definition) is 5. The van der Waals surface area contributed by atoms with E-state index >= 15 is 0 Å². The Morgan fingerprint density at radius 3 is 2.74 bits per heavy atom. The number of halogens is 1. The van der Waals surface area contributed by atoms with Crippen LogP contribution in [-0.4, -0.2) is 21.6 Å². The fourth-order valence-corrected chi connectivity index (χ4v) is 3.64. The van der Waals surface area contributed by atoms with Crippen LogP contribution in [0.25, 0.3) is 10.9 Å². The molecule has 0 saturated carbocycles. The molecule has 6 nitrogen and oxygen atoms in total. The minimum absolute atomic E-state index is 0.0769. The van der Waals surface area contributed by atoms with Gasteiger partial charge in [0.1, 0.15) is 5.69 Å². The number of thioether (sulfide) groups is 1. The van der Waals surface area contributed by atoms with Crippen LogP contribution < -0.4 is 5.32 Å². The van der Waals surface area contributed by atoms with Gasteiger partial charge in [-0.1, -0.05) is 41.6 Å². The maximum absolute atomic E-state index is 12.3. The predicted molar refractivity (Wildman–Crippen MR) is 109 cm³/mol. The van der Waals surface area contributed by atoms with Crippen molar-refractivity contribution in [2.24, 2.45) is 0 Å². The molecule has 0 spiro atoms. The minimum atomic E-state index is -0.559. The van der Waals surface area contributed by atoms with E-state index in [0.29, 0.717) is 5.02 Å². The van der Waals surface area contributed by atoms with Crippen LogP contribution in [0, 0.1) is 24.0 Å². The molecule has 1 aromatic heterocycles. The zero-order valence-electron chi connectivity index (χ0n) is 14.7. The fraction of sp³-hybridized carbons (Fsp3) is 0.158. The lowest BCUT2D eigenvalue weighted by molar-refractivity contribution is -0.383. The smallest absolute Gasteiger partial charge is 0.292 e. The summed E-state index contributed by atoms with van der Waals surface area (Å²) in [6.07, 6.45) is 0. The van der Waals surface area contributed by atoms with Gasteiger partial charge in [0, 0.05) is 16.5 Å². The number of hydrogen-bond donors (Lipinski definition) is 1. The van der Waals surface area contributed by atoms with Gasteiger partial charge in [-0.2, -0.15) is 0 Å². The molecule has 0 saturated heterocycles. The second-order valence-corrected chi connectivity index (χ2v) is 7.44. The summed E-state index contributed by atoms with van der Waals surface area (Å²) in [5, 5.41) is 15.8. The molecule has 0 radical (unpaired) electrons. The van der Waals surface area contributed by atoms with Crippen LogP contribution in [0.4, 0.5) is 11.4 Å². The molecule has 138 valence electrons. The second kappa shape index (κ2) is 7.94. The van der Waals surface area contributed by atoms with Crippen molar-refractivity contribution in [1.82, 2.24) is 4.98 Å². The third-order valence-electron chi connectivity index (χ3n) is 4.01. The molecule has 1 N–H and O–H groups in total. The van der Waals surface area contributed by atoms with E-state index in [9.17, 15) is 14.9 Å². The maximum Gasteiger partial charge on any atom is 0.292 e. The fourth-order valence-electron chi connectivity index (χ4n) is 2.70. The van der Waals surface area contributed by atoms with Crippen LogP contribution in [-0.2, 0) is 4.79 Å². The summed E-state index contributed by atoms with van der Waals surface area (Å²) in [6.45, 7) is 4.00. The summed E-state index contributed by atoms with van der Waals surface area (Å²) in [7, 11) is 0. The number of nitro benzene ring substituents is 1. The normalized spacial score (nSPS) is 10.8. The number of aryl methyl sites for hydroxylation is 2. The highest BCUT2D eigenvalue weighted by Gasteiger charge is 2.16. The summed E-state index contributed by atoms with van der Waals surface area (Å²) in [5.74, 6) is -0.289. The number of nitro groups is 1. The van der Waals surface area contributed by atoms with Gasteiger partial charge < -0.3 is 5.32 Å².